The Morgan fingerprint density at radius 2 is 0.833 bits per heavy atom. The monoisotopic (exact) mass is 778 g/mol. The quantitative estimate of drug-likeness (QED) is 0.156. The molecule has 1 atom stereocenters. The Morgan fingerprint density at radius 1 is 0.433 bits per heavy atom. The summed E-state index contributed by atoms with van der Waals surface area (Å²) in [5, 5.41) is 3.82. The second-order valence-corrected chi connectivity index (χ2v) is 15.8. The standard InChI is InChI=1S/C32H18N8.C18H20N2/c1-2-10-18-17(9-1)25-33-26(18)38-28-21-13-5-6-14-22(21)30(35-28)40-32-24-16-8-7-15-23(24)31(36-32)39-29-20-12-4-3-11-19(20)27(34-29)37-25;1-19-10-11-20-17-9-5-3-7-15(17)12-14-6-2-4-8-16(14)18(20)13-19/h1-16H,(H2,33,34,35,36,37,38,39,40);2-9,18H,10-13H2,1H3. The zero-order valence-electron chi connectivity index (χ0n) is 32.8. The minimum Gasteiger partial charge on any atom is -0.362 e. The van der Waals surface area contributed by atoms with E-state index in [9.17, 15) is 0 Å². The number of para-hydroxylation sites is 1. The van der Waals surface area contributed by atoms with Crippen molar-refractivity contribution in [2.24, 2.45) is 0 Å². The molecular weight excluding hydrogens is 741 g/mol. The van der Waals surface area contributed by atoms with E-state index >= 15 is 0 Å². The molecule has 1 unspecified atom stereocenters. The first-order valence-corrected chi connectivity index (χ1v) is 20.4. The molecule has 13 rings (SSSR count). The van der Waals surface area contributed by atoms with E-state index in [2.05, 4.69) is 75.3 Å². The highest BCUT2D eigenvalue weighted by molar-refractivity contribution is 6.06. The van der Waals surface area contributed by atoms with E-state index in [0.29, 0.717) is 51.9 Å². The lowest BCUT2D eigenvalue weighted by Gasteiger charge is -2.41. The summed E-state index contributed by atoms with van der Waals surface area (Å²) in [6.45, 7) is 3.38. The van der Waals surface area contributed by atoms with Gasteiger partial charge in [-0.1, -0.05) is 140 Å². The van der Waals surface area contributed by atoms with Crippen molar-refractivity contribution in [3.63, 3.8) is 0 Å². The van der Waals surface area contributed by atoms with Gasteiger partial charge in [-0.05, 0) is 36.2 Å². The minimum atomic E-state index is 0.494. The number of aromatic nitrogens is 8. The lowest BCUT2D eigenvalue weighted by Crippen LogP contribution is -2.46. The Morgan fingerprint density at radius 3 is 1.32 bits per heavy atom. The maximum atomic E-state index is 5.02. The predicted molar refractivity (Wildman–Crippen MR) is 239 cm³/mol. The number of piperazine rings is 1. The van der Waals surface area contributed by atoms with Crippen LogP contribution in [0.1, 0.15) is 22.7 Å². The van der Waals surface area contributed by atoms with E-state index in [4.69, 9.17) is 29.9 Å². The van der Waals surface area contributed by atoms with Gasteiger partial charge in [-0.25, -0.2) is 29.9 Å². The largest absolute Gasteiger partial charge is 0.362 e. The zero-order chi connectivity index (χ0) is 39.7. The molecule has 10 heteroatoms. The van der Waals surface area contributed by atoms with Crippen LogP contribution in [0.3, 0.4) is 0 Å². The second kappa shape index (κ2) is 13.8. The molecule has 0 amide bonds. The lowest BCUT2D eigenvalue weighted by molar-refractivity contribution is 0.269. The highest BCUT2D eigenvalue weighted by Crippen LogP contribution is 2.40. The summed E-state index contributed by atoms with van der Waals surface area (Å²) in [7, 11) is 2.23. The van der Waals surface area contributed by atoms with Gasteiger partial charge >= 0.3 is 0 Å². The summed E-state index contributed by atoms with van der Waals surface area (Å²) < 4.78 is 0. The van der Waals surface area contributed by atoms with Gasteiger partial charge in [-0.2, -0.15) is 0 Å². The van der Waals surface area contributed by atoms with Crippen LogP contribution in [0.2, 0.25) is 0 Å². The Labute approximate surface area is 345 Å². The normalized spacial score (nSPS) is 15.2. The number of nitrogens with zero attached hydrogens (tertiary/aromatic N) is 8. The van der Waals surface area contributed by atoms with Crippen LogP contribution in [0.25, 0.3) is 89.7 Å². The average molecular weight is 779 g/mol. The topological polar surface area (TPSA) is 115 Å². The number of likely N-dealkylation sites (N-methyl/N-ethyl adjacent to an activating group) is 1. The fourth-order valence-electron chi connectivity index (χ4n) is 9.23. The molecule has 0 spiro atoms. The average Bonchev–Trinajstić information content (AvgIpc) is 4.01. The molecule has 0 radical (unpaired) electrons. The van der Waals surface area contributed by atoms with Crippen LogP contribution in [0.4, 0.5) is 5.69 Å². The third kappa shape index (κ3) is 5.67. The summed E-state index contributed by atoms with van der Waals surface area (Å²) in [4.78, 5) is 41.8. The molecule has 4 aliphatic rings. The minimum absolute atomic E-state index is 0.494. The van der Waals surface area contributed by atoms with Crippen molar-refractivity contribution < 1.29 is 0 Å². The lowest BCUT2D eigenvalue weighted by atomic mass is 9.96. The van der Waals surface area contributed by atoms with Gasteiger partial charge in [0.25, 0.3) is 0 Å². The highest BCUT2D eigenvalue weighted by atomic mass is 15.3. The van der Waals surface area contributed by atoms with Crippen molar-refractivity contribution >= 4 is 49.8 Å². The molecule has 60 heavy (non-hydrogen) atoms. The third-order valence-electron chi connectivity index (χ3n) is 12.1. The predicted octanol–water partition coefficient (Wildman–Crippen LogP) is 9.95. The molecule has 288 valence electrons. The van der Waals surface area contributed by atoms with E-state index in [1.165, 1.54) is 22.4 Å². The summed E-state index contributed by atoms with van der Waals surface area (Å²) in [6.07, 6.45) is 1.06. The molecule has 7 heterocycles. The first-order chi connectivity index (χ1) is 29.6. The SMILES string of the molecule is CN1CCN2c3ccccc3Cc3ccccc3C2C1.c1ccc2c(c1)-c1nc-2nc2[nH]c(nc3nc(nc4[nH]c(n1)c1ccccc41)-c1ccccc1-3)c1ccccc21. The molecule has 6 aromatic carbocycles. The van der Waals surface area contributed by atoms with Gasteiger partial charge in [0.15, 0.2) is 23.3 Å². The fraction of sp³-hybridized carbons (Fsp3) is 0.120. The molecule has 0 aliphatic carbocycles. The van der Waals surface area contributed by atoms with Crippen molar-refractivity contribution in [3.05, 3.63) is 162 Å². The van der Waals surface area contributed by atoms with Gasteiger partial charge in [0.05, 0.1) is 6.04 Å². The number of nitrogens with one attached hydrogen (secondary N) is 2. The fourth-order valence-corrected chi connectivity index (χ4v) is 9.23. The van der Waals surface area contributed by atoms with Crippen LogP contribution in [-0.4, -0.2) is 71.5 Å². The first-order valence-electron chi connectivity index (χ1n) is 20.4. The van der Waals surface area contributed by atoms with Crippen molar-refractivity contribution in [2.75, 3.05) is 31.6 Å². The number of benzene rings is 6. The van der Waals surface area contributed by atoms with Crippen molar-refractivity contribution in [1.82, 2.24) is 44.8 Å². The smallest absolute Gasteiger partial charge is 0.164 e. The van der Waals surface area contributed by atoms with Gasteiger partial charge in [-0.3, -0.25) is 0 Å². The van der Waals surface area contributed by atoms with Gasteiger partial charge < -0.3 is 19.8 Å². The van der Waals surface area contributed by atoms with Gasteiger partial charge in [0.1, 0.15) is 22.6 Å². The van der Waals surface area contributed by atoms with Gasteiger partial charge in [-0.15, -0.1) is 0 Å². The summed E-state index contributed by atoms with van der Waals surface area (Å²) >= 11 is 0. The molecule has 3 aromatic heterocycles. The number of H-pyrrole nitrogens is 2. The second-order valence-electron chi connectivity index (χ2n) is 15.8. The number of fused-ring (bicyclic) bond motifs is 25. The summed E-state index contributed by atoms with van der Waals surface area (Å²) in [5.74, 6) is 2.39. The molecule has 10 nitrogen and oxygen atoms in total. The van der Waals surface area contributed by atoms with Crippen LogP contribution in [0, 0.1) is 0 Å². The number of hydrogen-bond acceptors (Lipinski definition) is 8. The van der Waals surface area contributed by atoms with Crippen LogP contribution >= 0.6 is 0 Å². The molecular formula is C50H38N10. The molecule has 0 saturated carbocycles. The van der Waals surface area contributed by atoms with Crippen molar-refractivity contribution in [3.8, 4) is 45.6 Å². The van der Waals surface area contributed by atoms with E-state index in [1.807, 2.05) is 97.1 Å². The van der Waals surface area contributed by atoms with Crippen molar-refractivity contribution in [1.29, 1.82) is 0 Å². The number of hydrogen-bond donors (Lipinski definition) is 2. The Balaban J connectivity index is 0.000000162. The number of aromatic amines is 2. The molecule has 8 bridgehead atoms. The number of rotatable bonds is 0. The van der Waals surface area contributed by atoms with Crippen LogP contribution < -0.4 is 4.90 Å². The Bertz CT molecular complexity index is 3030. The molecule has 1 fully saturated rings. The molecule has 2 N–H and O–H groups in total. The first kappa shape index (κ1) is 34.5. The van der Waals surface area contributed by atoms with Gasteiger partial charge in [0.2, 0.25) is 0 Å². The van der Waals surface area contributed by atoms with Gasteiger partial charge in [0, 0.05) is 69.1 Å². The maximum absolute atomic E-state index is 5.02. The van der Waals surface area contributed by atoms with E-state index in [1.54, 1.807) is 0 Å². The summed E-state index contributed by atoms with van der Waals surface area (Å²) in [6, 6.07) is 50.6. The Hall–Kier alpha value is -7.56. The zero-order valence-corrected chi connectivity index (χ0v) is 32.8. The Kier molecular flexibility index (Phi) is 7.92. The third-order valence-corrected chi connectivity index (χ3v) is 12.1. The highest BCUT2D eigenvalue weighted by Gasteiger charge is 2.32. The van der Waals surface area contributed by atoms with Crippen molar-refractivity contribution in [2.45, 2.75) is 12.5 Å². The van der Waals surface area contributed by atoms with Crippen LogP contribution in [0.15, 0.2) is 146 Å². The number of anilines is 1. The van der Waals surface area contributed by atoms with Crippen LogP contribution in [0.5, 0.6) is 0 Å². The summed E-state index contributed by atoms with van der Waals surface area (Å²) in [5.41, 5.74) is 12.3. The molecule has 4 aliphatic heterocycles. The molecule has 1 saturated heterocycles. The van der Waals surface area contributed by atoms with Crippen LogP contribution in [-0.2, 0) is 6.42 Å². The van der Waals surface area contributed by atoms with E-state index in [0.717, 1.165) is 69.9 Å². The molecule has 9 aromatic rings. The van der Waals surface area contributed by atoms with E-state index in [-0.39, 0.29) is 0 Å². The maximum Gasteiger partial charge on any atom is 0.164 e. The van der Waals surface area contributed by atoms with E-state index < -0.39 is 0 Å².